The van der Waals surface area contributed by atoms with E-state index in [4.69, 9.17) is 10.5 Å². The molecule has 0 radical (unpaired) electrons. The normalized spacial score (nSPS) is 11.4. The fourth-order valence-electron chi connectivity index (χ4n) is 1.68. The van der Waals surface area contributed by atoms with Crippen LogP contribution in [-0.2, 0) is 19.1 Å². The van der Waals surface area contributed by atoms with Gasteiger partial charge in [-0.05, 0) is 19.1 Å². The highest BCUT2D eigenvalue weighted by Gasteiger charge is 2.24. The van der Waals surface area contributed by atoms with Crippen LogP contribution < -0.4 is 10.5 Å². The molecule has 1 aromatic rings. The Morgan fingerprint density at radius 2 is 1.79 bits per heavy atom. The van der Waals surface area contributed by atoms with Crippen LogP contribution in [0, 0.1) is 11.6 Å². The first-order valence-corrected chi connectivity index (χ1v) is 6.69. The quantitative estimate of drug-likeness (QED) is 0.261. The van der Waals surface area contributed by atoms with Crippen LogP contribution in [0.15, 0.2) is 11.6 Å². The number of anilines is 1. The Labute approximate surface area is 136 Å². The zero-order chi connectivity index (χ0) is 18.4. The number of methoxy groups -OCH3 is 2. The molecule has 1 atom stereocenters. The van der Waals surface area contributed by atoms with Gasteiger partial charge in [0, 0.05) is 5.56 Å². The standard InChI is InChI=1S/C15H17F2NO6/c1-7(19)6-24-13-8(5-10(18)11(16)12(13)17)4-9(14(20)22-2)15(21)23-3/h4-5,7,19H,6,18H2,1-3H3/t7-/m1/s1. The van der Waals surface area contributed by atoms with Gasteiger partial charge in [-0.15, -0.1) is 0 Å². The summed E-state index contributed by atoms with van der Waals surface area (Å²) in [6.45, 7) is 1.02. The molecule has 0 aliphatic heterocycles. The number of hydrogen-bond acceptors (Lipinski definition) is 7. The van der Waals surface area contributed by atoms with Gasteiger partial charge >= 0.3 is 11.9 Å². The SMILES string of the molecule is COC(=O)C(=Cc1cc(N)c(F)c(F)c1OC[C@@H](C)O)C(=O)OC. The molecule has 0 saturated carbocycles. The Bertz CT molecular complexity index is 654. The van der Waals surface area contributed by atoms with E-state index >= 15 is 0 Å². The lowest BCUT2D eigenvalue weighted by Gasteiger charge is -2.14. The van der Waals surface area contributed by atoms with Gasteiger partial charge in [0.1, 0.15) is 12.2 Å². The van der Waals surface area contributed by atoms with Crippen molar-refractivity contribution in [1.29, 1.82) is 0 Å². The van der Waals surface area contributed by atoms with Crippen LogP contribution in [0.5, 0.6) is 5.75 Å². The van der Waals surface area contributed by atoms with Gasteiger partial charge in [-0.25, -0.2) is 14.0 Å². The van der Waals surface area contributed by atoms with Crippen LogP contribution in [-0.4, -0.2) is 44.0 Å². The minimum atomic E-state index is -1.42. The second kappa shape index (κ2) is 8.25. The first kappa shape index (κ1) is 19.4. The maximum Gasteiger partial charge on any atom is 0.345 e. The van der Waals surface area contributed by atoms with E-state index in [0.29, 0.717) is 0 Å². The van der Waals surface area contributed by atoms with E-state index in [1.54, 1.807) is 0 Å². The molecule has 3 N–H and O–H groups in total. The molecule has 0 heterocycles. The van der Waals surface area contributed by atoms with Crippen molar-refractivity contribution in [2.75, 3.05) is 26.6 Å². The Morgan fingerprint density at radius 3 is 2.25 bits per heavy atom. The first-order chi connectivity index (χ1) is 11.2. The van der Waals surface area contributed by atoms with Crippen molar-refractivity contribution >= 4 is 23.7 Å². The van der Waals surface area contributed by atoms with E-state index in [0.717, 1.165) is 26.4 Å². The summed E-state index contributed by atoms with van der Waals surface area (Å²) in [4.78, 5) is 23.3. The molecule has 24 heavy (non-hydrogen) atoms. The van der Waals surface area contributed by atoms with Gasteiger partial charge in [-0.2, -0.15) is 4.39 Å². The molecule has 0 spiro atoms. The molecule has 132 valence electrons. The van der Waals surface area contributed by atoms with Gasteiger partial charge < -0.3 is 25.1 Å². The van der Waals surface area contributed by atoms with E-state index in [2.05, 4.69) is 9.47 Å². The third kappa shape index (κ3) is 4.42. The average molecular weight is 345 g/mol. The zero-order valence-electron chi connectivity index (χ0n) is 13.3. The van der Waals surface area contributed by atoms with Crippen molar-refractivity contribution < 1.29 is 37.7 Å². The Kier molecular flexibility index (Phi) is 6.66. The summed E-state index contributed by atoms with van der Waals surface area (Å²) in [5.74, 6) is -5.49. The number of hydrogen-bond donors (Lipinski definition) is 2. The molecular weight excluding hydrogens is 328 g/mol. The summed E-state index contributed by atoms with van der Waals surface area (Å²) in [5, 5.41) is 9.22. The molecule has 0 aliphatic rings. The van der Waals surface area contributed by atoms with E-state index in [9.17, 15) is 23.5 Å². The van der Waals surface area contributed by atoms with Gasteiger partial charge in [0.25, 0.3) is 0 Å². The second-order valence-electron chi connectivity index (χ2n) is 4.71. The molecule has 7 nitrogen and oxygen atoms in total. The number of aliphatic hydroxyl groups excluding tert-OH is 1. The highest BCUT2D eigenvalue weighted by molar-refractivity contribution is 6.17. The van der Waals surface area contributed by atoms with Crippen molar-refractivity contribution in [3.05, 3.63) is 28.8 Å². The third-order valence-corrected chi connectivity index (χ3v) is 2.80. The molecule has 0 fully saturated rings. The van der Waals surface area contributed by atoms with Crippen molar-refractivity contribution in [3.8, 4) is 5.75 Å². The zero-order valence-corrected chi connectivity index (χ0v) is 13.3. The Morgan fingerprint density at radius 1 is 1.25 bits per heavy atom. The van der Waals surface area contributed by atoms with Crippen LogP contribution in [0.1, 0.15) is 12.5 Å². The molecule has 1 aromatic carbocycles. The number of halogens is 2. The molecule has 0 amide bonds. The van der Waals surface area contributed by atoms with Crippen molar-refractivity contribution in [2.24, 2.45) is 0 Å². The smallest absolute Gasteiger partial charge is 0.345 e. The lowest BCUT2D eigenvalue weighted by atomic mass is 10.1. The maximum atomic E-state index is 14.1. The van der Waals surface area contributed by atoms with Gasteiger partial charge in [0.2, 0.25) is 5.82 Å². The van der Waals surface area contributed by atoms with Crippen LogP contribution in [0.3, 0.4) is 0 Å². The van der Waals surface area contributed by atoms with Crippen molar-refractivity contribution in [3.63, 3.8) is 0 Å². The van der Waals surface area contributed by atoms with Gasteiger partial charge in [0.05, 0.1) is 26.0 Å². The van der Waals surface area contributed by atoms with E-state index in [1.807, 2.05) is 0 Å². The number of nitrogens with two attached hydrogens (primary N) is 1. The third-order valence-electron chi connectivity index (χ3n) is 2.80. The van der Waals surface area contributed by atoms with E-state index in [1.165, 1.54) is 6.92 Å². The van der Waals surface area contributed by atoms with Crippen LogP contribution in [0.4, 0.5) is 14.5 Å². The van der Waals surface area contributed by atoms with Crippen molar-refractivity contribution in [2.45, 2.75) is 13.0 Å². The van der Waals surface area contributed by atoms with Crippen LogP contribution >= 0.6 is 0 Å². The number of rotatable bonds is 6. The Hall–Kier alpha value is -2.68. The van der Waals surface area contributed by atoms with Gasteiger partial charge in [-0.1, -0.05) is 0 Å². The summed E-state index contributed by atoms with van der Waals surface area (Å²) >= 11 is 0. The summed E-state index contributed by atoms with van der Waals surface area (Å²) in [7, 11) is 2.06. The lowest BCUT2D eigenvalue weighted by Crippen LogP contribution is -2.17. The highest BCUT2D eigenvalue weighted by atomic mass is 19.2. The topological polar surface area (TPSA) is 108 Å². The number of benzene rings is 1. The molecule has 0 saturated heterocycles. The molecule has 0 unspecified atom stereocenters. The summed E-state index contributed by atoms with van der Waals surface area (Å²) in [6.07, 6.45) is -0.0731. The summed E-state index contributed by atoms with van der Waals surface area (Å²) < 4.78 is 41.6. The molecule has 0 aromatic heterocycles. The van der Waals surface area contributed by atoms with Crippen LogP contribution in [0.25, 0.3) is 6.08 Å². The number of carbonyl (C=O) groups excluding carboxylic acids is 2. The number of ether oxygens (including phenoxy) is 3. The van der Waals surface area contributed by atoms with E-state index < -0.39 is 46.7 Å². The van der Waals surface area contributed by atoms with E-state index in [-0.39, 0.29) is 12.2 Å². The number of aliphatic hydroxyl groups is 1. The molecule has 9 heteroatoms. The highest BCUT2D eigenvalue weighted by Crippen LogP contribution is 2.31. The second-order valence-corrected chi connectivity index (χ2v) is 4.71. The monoisotopic (exact) mass is 345 g/mol. The number of carbonyl (C=O) groups is 2. The van der Waals surface area contributed by atoms with Crippen LogP contribution in [0.2, 0.25) is 0 Å². The lowest BCUT2D eigenvalue weighted by molar-refractivity contribution is -0.143. The minimum absolute atomic E-state index is 0.196. The summed E-state index contributed by atoms with van der Waals surface area (Å²) in [6, 6.07) is 0.974. The summed E-state index contributed by atoms with van der Waals surface area (Å²) in [5.41, 5.74) is 4.03. The molecule has 1 rings (SSSR count). The maximum absolute atomic E-state index is 14.1. The predicted molar refractivity (Wildman–Crippen MR) is 80.0 cm³/mol. The average Bonchev–Trinajstić information content (AvgIpc) is 2.55. The fourth-order valence-corrected chi connectivity index (χ4v) is 1.68. The van der Waals surface area contributed by atoms with Gasteiger partial charge in [-0.3, -0.25) is 0 Å². The first-order valence-electron chi connectivity index (χ1n) is 6.69. The minimum Gasteiger partial charge on any atom is -0.487 e. The Balaban J connectivity index is 3.51. The predicted octanol–water partition coefficient (Wildman–Crippen LogP) is 1.04. The van der Waals surface area contributed by atoms with Crippen molar-refractivity contribution in [1.82, 2.24) is 0 Å². The molecule has 0 bridgehead atoms. The number of esters is 2. The fraction of sp³-hybridized carbons (Fsp3) is 0.333. The molecular formula is C15H17F2NO6. The number of nitrogen functional groups attached to an aromatic ring is 1. The molecule has 0 aliphatic carbocycles. The van der Waals surface area contributed by atoms with Gasteiger partial charge in [0.15, 0.2) is 11.6 Å². The largest absolute Gasteiger partial charge is 0.487 e.